The van der Waals surface area contributed by atoms with E-state index in [0.29, 0.717) is 19.4 Å². The average molecular weight is 482 g/mol. The molecule has 0 spiro atoms. The Bertz CT molecular complexity index is 806. The van der Waals surface area contributed by atoms with Crippen molar-refractivity contribution < 1.29 is 34.5 Å². The van der Waals surface area contributed by atoms with Crippen molar-refractivity contribution in [1.29, 1.82) is 0 Å². The molecule has 0 bridgehead atoms. The van der Waals surface area contributed by atoms with Gasteiger partial charge in [-0.15, -0.1) is 0 Å². The van der Waals surface area contributed by atoms with Crippen molar-refractivity contribution >= 4 is 23.7 Å². The molecule has 0 aromatic heterocycles. The number of benzene rings is 1. The molecule has 5 unspecified atom stereocenters. The number of aliphatic hydroxyl groups excluding tert-OH is 2. The first-order chi connectivity index (χ1) is 16.1. The number of nitrogens with one attached hydrogen (secondary N) is 3. The largest absolute Gasteiger partial charge is 0.480 e. The topological polar surface area (TPSA) is 217 Å². The highest BCUT2D eigenvalue weighted by atomic mass is 16.4. The fraction of sp³-hybridized carbons (Fsp3) is 0.545. The third kappa shape index (κ3) is 9.83. The predicted molar refractivity (Wildman–Crippen MR) is 123 cm³/mol. The Labute approximate surface area is 198 Å². The van der Waals surface area contributed by atoms with Crippen molar-refractivity contribution in [2.45, 2.75) is 62.9 Å². The standard InChI is InChI=1S/C22H35N5O7/c1-13(29)18(27-19(30)15(24)11-14-7-3-2-4-8-14)21(32)25-16(9-5-6-10-23)20(31)26-17(12-28)22(33)34/h2-4,7-8,13,15-18,28-29H,5-6,9-12,23-24H2,1H3,(H,25,32)(H,26,31)(H,27,30)(H,33,34). The maximum Gasteiger partial charge on any atom is 0.328 e. The molecule has 1 rings (SSSR count). The van der Waals surface area contributed by atoms with Crippen LogP contribution in [0, 0.1) is 0 Å². The number of rotatable bonds is 15. The van der Waals surface area contributed by atoms with Crippen molar-refractivity contribution in [3.8, 4) is 0 Å². The van der Waals surface area contributed by atoms with E-state index >= 15 is 0 Å². The molecule has 0 aliphatic heterocycles. The third-order valence-corrected chi connectivity index (χ3v) is 5.07. The number of aliphatic carboxylic acids is 1. The molecule has 10 N–H and O–H groups in total. The van der Waals surface area contributed by atoms with Gasteiger partial charge < -0.3 is 42.7 Å². The summed E-state index contributed by atoms with van der Waals surface area (Å²) in [7, 11) is 0. The number of carbonyl (C=O) groups is 4. The van der Waals surface area contributed by atoms with E-state index in [9.17, 15) is 24.3 Å². The van der Waals surface area contributed by atoms with Crippen molar-refractivity contribution in [3.63, 3.8) is 0 Å². The van der Waals surface area contributed by atoms with E-state index in [1.165, 1.54) is 6.92 Å². The van der Waals surface area contributed by atoms with Gasteiger partial charge in [0.25, 0.3) is 0 Å². The van der Waals surface area contributed by atoms with Crippen LogP contribution in [0.2, 0.25) is 0 Å². The zero-order valence-electron chi connectivity index (χ0n) is 19.1. The molecule has 5 atom stereocenters. The zero-order valence-corrected chi connectivity index (χ0v) is 19.1. The molecule has 0 aliphatic carbocycles. The number of amides is 3. The lowest BCUT2D eigenvalue weighted by Crippen LogP contribution is -2.60. The van der Waals surface area contributed by atoms with Gasteiger partial charge in [0, 0.05) is 0 Å². The van der Waals surface area contributed by atoms with E-state index in [1.54, 1.807) is 24.3 Å². The second-order valence-corrected chi connectivity index (χ2v) is 7.95. The number of carboxylic acids is 1. The molecule has 0 heterocycles. The van der Waals surface area contributed by atoms with Crippen LogP contribution in [0.1, 0.15) is 31.7 Å². The van der Waals surface area contributed by atoms with Crippen LogP contribution in [0.3, 0.4) is 0 Å². The van der Waals surface area contributed by atoms with Crippen LogP contribution in [0.4, 0.5) is 0 Å². The first kappa shape index (κ1) is 29.0. The highest BCUT2D eigenvalue weighted by Crippen LogP contribution is 2.06. The normalized spacial score (nSPS) is 15.3. The molecular weight excluding hydrogens is 446 g/mol. The summed E-state index contributed by atoms with van der Waals surface area (Å²) in [5.41, 5.74) is 12.2. The maximum absolute atomic E-state index is 12.8. The summed E-state index contributed by atoms with van der Waals surface area (Å²) in [6.45, 7) is 0.807. The zero-order chi connectivity index (χ0) is 25.7. The van der Waals surface area contributed by atoms with Crippen LogP contribution in [0.15, 0.2) is 30.3 Å². The van der Waals surface area contributed by atoms with Gasteiger partial charge in [-0.3, -0.25) is 14.4 Å². The Morgan fingerprint density at radius 2 is 1.56 bits per heavy atom. The van der Waals surface area contributed by atoms with E-state index < -0.39 is 60.6 Å². The lowest BCUT2D eigenvalue weighted by molar-refractivity contribution is -0.143. The van der Waals surface area contributed by atoms with Crippen LogP contribution >= 0.6 is 0 Å². The monoisotopic (exact) mass is 481 g/mol. The number of carbonyl (C=O) groups excluding carboxylic acids is 3. The van der Waals surface area contributed by atoms with Crippen molar-refractivity contribution in [2.24, 2.45) is 11.5 Å². The number of hydrogen-bond acceptors (Lipinski definition) is 8. The summed E-state index contributed by atoms with van der Waals surface area (Å²) < 4.78 is 0. The van der Waals surface area contributed by atoms with Gasteiger partial charge in [0.15, 0.2) is 0 Å². The summed E-state index contributed by atoms with van der Waals surface area (Å²) in [6.07, 6.45) is 0.0139. The quantitative estimate of drug-likeness (QED) is 0.125. The highest BCUT2D eigenvalue weighted by Gasteiger charge is 2.32. The second-order valence-electron chi connectivity index (χ2n) is 7.95. The molecule has 190 valence electrons. The van der Waals surface area contributed by atoms with Gasteiger partial charge in [0.1, 0.15) is 18.1 Å². The first-order valence-electron chi connectivity index (χ1n) is 11.0. The molecule has 34 heavy (non-hydrogen) atoms. The highest BCUT2D eigenvalue weighted by molar-refractivity contribution is 5.94. The van der Waals surface area contributed by atoms with Crippen LogP contribution in [-0.4, -0.2) is 82.4 Å². The molecule has 1 aromatic rings. The van der Waals surface area contributed by atoms with Crippen LogP contribution in [0.5, 0.6) is 0 Å². The average Bonchev–Trinajstić information content (AvgIpc) is 2.80. The lowest BCUT2D eigenvalue weighted by atomic mass is 10.0. The fourth-order valence-corrected chi connectivity index (χ4v) is 3.11. The number of nitrogens with two attached hydrogens (primary N) is 2. The van der Waals surface area contributed by atoms with Gasteiger partial charge >= 0.3 is 5.97 Å². The van der Waals surface area contributed by atoms with Crippen molar-refractivity contribution in [3.05, 3.63) is 35.9 Å². The smallest absolute Gasteiger partial charge is 0.328 e. The van der Waals surface area contributed by atoms with Gasteiger partial charge in [0.05, 0.1) is 18.8 Å². The molecule has 3 amide bonds. The SMILES string of the molecule is CC(O)C(NC(=O)C(N)Cc1ccccc1)C(=O)NC(CCCCN)C(=O)NC(CO)C(=O)O. The van der Waals surface area contributed by atoms with E-state index in [0.717, 1.165) is 5.56 Å². The van der Waals surface area contributed by atoms with E-state index in [2.05, 4.69) is 16.0 Å². The van der Waals surface area contributed by atoms with Gasteiger partial charge in [-0.1, -0.05) is 30.3 Å². The fourth-order valence-electron chi connectivity index (χ4n) is 3.11. The Balaban J connectivity index is 2.88. The molecule has 12 nitrogen and oxygen atoms in total. The minimum Gasteiger partial charge on any atom is -0.480 e. The van der Waals surface area contributed by atoms with Crippen LogP contribution < -0.4 is 27.4 Å². The molecule has 0 saturated carbocycles. The summed E-state index contributed by atoms with van der Waals surface area (Å²) in [5, 5.41) is 35.3. The molecule has 0 saturated heterocycles. The molecule has 12 heteroatoms. The lowest BCUT2D eigenvalue weighted by Gasteiger charge is -2.26. The molecule has 0 fully saturated rings. The predicted octanol–water partition coefficient (Wildman–Crippen LogP) is -2.40. The Morgan fingerprint density at radius 1 is 0.941 bits per heavy atom. The molecular formula is C22H35N5O7. The summed E-state index contributed by atoms with van der Waals surface area (Å²) in [5.74, 6) is -3.79. The minimum absolute atomic E-state index is 0.126. The van der Waals surface area contributed by atoms with E-state index in [1.807, 2.05) is 6.07 Å². The van der Waals surface area contributed by atoms with Gasteiger partial charge in [-0.2, -0.15) is 0 Å². The molecule has 0 radical (unpaired) electrons. The number of aliphatic hydroxyl groups is 2. The summed E-state index contributed by atoms with van der Waals surface area (Å²) in [6, 6.07) is 3.89. The van der Waals surface area contributed by atoms with Crippen molar-refractivity contribution in [1.82, 2.24) is 16.0 Å². The summed E-state index contributed by atoms with van der Waals surface area (Å²) in [4.78, 5) is 49.1. The Morgan fingerprint density at radius 3 is 2.09 bits per heavy atom. The van der Waals surface area contributed by atoms with Crippen LogP contribution in [0.25, 0.3) is 0 Å². The third-order valence-electron chi connectivity index (χ3n) is 5.07. The molecule has 1 aromatic carbocycles. The second kappa shape index (κ2) is 15.0. The first-order valence-corrected chi connectivity index (χ1v) is 11.0. The molecule has 0 aliphatic rings. The number of hydrogen-bond donors (Lipinski definition) is 8. The maximum atomic E-state index is 12.8. The Kier molecular flexibility index (Phi) is 12.7. The Hall–Kier alpha value is -3.06. The number of carboxylic acid groups (broad SMARTS) is 1. The van der Waals surface area contributed by atoms with Crippen molar-refractivity contribution in [2.75, 3.05) is 13.2 Å². The minimum atomic E-state index is -1.55. The van der Waals surface area contributed by atoms with Gasteiger partial charge in [-0.25, -0.2) is 4.79 Å². The summed E-state index contributed by atoms with van der Waals surface area (Å²) >= 11 is 0. The number of unbranched alkanes of at least 4 members (excludes halogenated alkanes) is 1. The van der Waals surface area contributed by atoms with Gasteiger partial charge in [0.2, 0.25) is 17.7 Å². The van der Waals surface area contributed by atoms with E-state index in [4.69, 9.17) is 21.7 Å². The van der Waals surface area contributed by atoms with Crippen LogP contribution in [-0.2, 0) is 25.6 Å². The van der Waals surface area contributed by atoms with E-state index in [-0.39, 0.29) is 12.8 Å². The van der Waals surface area contributed by atoms with Gasteiger partial charge in [-0.05, 0) is 44.7 Å².